The van der Waals surface area contributed by atoms with Gasteiger partial charge in [-0.1, -0.05) is 58.0 Å². The molecule has 0 radical (unpaired) electrons. The summed E-state index contributed by atoms with van der Waals surface area (Å²) in [6.45, 7) is 8.70. The normalized spacial score (nSPS) is 14.6. The van der Waals surface area contributed by atoms with Crippen molar-refractivity contribution in [2.24, 2.45) is 5.92 Å². The number of carbonyl (C=O) groups excluding carboxylic acids is 1. The average molecular weight is 250 g/mol. The predicted octanol–water partition coefficient (Wildman–Crippen LogP) is 4.43. The van der Waals surface area contributed by atoms with Crippen molar-refractivity contribution in [3.05, 3.63) is 35.9 Å². The lowest BCUT2D eigenvalue weighted by atomic mass is 10.1. The van der Waals surface area contributed by atoms with Gasteiger partial charge in [-0.05, 0) is 12.3 Å². The molecule has 1 rings (SSSR count). The molecule has 2 heteroatoms. The first-order valence-electron chi connectivity index (χ1n) is 6.31. The van der Waals surface area contributed by atoms with E-state index < -0.39 is 0 Å². The van der Waals surface area contributed by atoms with Gasteiger partial charge in [-0.3, -0.25) is 4.79 Å². The van der Waals surface area contributed by atoms with Crippen LogP contribution >= 0.6 is 11.8 Å². The zero-order valence-corrected chi connectivity index (χ0v) is 12.0. The number of carbonyl (C=O) groups is 1. The van der Waals surface area contributed by atoms with Crippen molar-refractivity contribution in [2.75, 3.05) is 0 Å². The summed E-state index contributed by atoms with van der Waals surface area (Å²) >= 11 is 1.81. The first-order valence-corrected chi connectivity index (χ1v) is 7.25. The number of Topliss-reactive ketones (excluding diaryl/α,β-unsaturated/α-hetero) is 1. The predicted molar refractivity (Wildman–Crippen MR) is 76.7 cm³/mol. The minimum Gasteiger partial charge on any atom is -0.293 e. The lowest BCUT2D eigenvalue weighted by molar-refractivity contribution is 0.0988. The lowest BCUT2D eigenvalue weighted by Crippen LogP contribution is -2.21. The van der Waals surface area contributed by atoms with Crippen molar-refractivity contribution in [3.8, 4) is 0 Å². The second kappa shape index (κ2) is 6.85. The van der Waals surface area contributed by atoms with Gasteiger partial charge in [-0.25, -0.2) is 0 Å². The molecule has 0 aliphatic rings. The molecule has 1 aromatic carbocycles. The third kappa shape index (κ3) is 4.19. The third-order valence-corrected chi connectivity index (χ3v) is 4.89. The fraction of sp³-hybridized carbons (Fsp3) is 0.533. The highest BCUT2D eigenvalue weighted by molar-refractivity contribution is 8.01. The van der Waals surface area contributed by atoms with Crippen molar-refractivity contribution in [2.45, 2.75) is 44.6 Å². The van der Waals surface area contributed by atoms with E-state index in [1.54, 1.807) is 11.8 Å². The summed E-state index contributed by atoms with van der Waals surface area (Å²) in [7, 11) is 0. The maximum Gasteiger partial charge on any atom is 0.175 e. The van der Waals surface area contributed by atoms with Gasteiger partial charge < -0.3 is 0 Å². The fourth-order valence-corrected chi connectivity index (χ4v) is 2.83. The molecule has 0 saturated heterocycles. The highest BCUT2D eigenvalue weighted by Gasteiger charge is 2.22. The van der Waals surface area contributed by atoms with E-state index in [9.17, 15) is 4.79 Å². The highest BCUT2D eigenvalue weighted by atomic mass is 32.2. The molecule has 94 valence electrons. The Kier molecular flexibility index (Phi) is 5.76. The molecule has 1 aromatic rings. The molecule has 0 spiro atoms. The van der Waals surface area contributed by atoms with Gasteiger partial charge in [0.1, 0.15) is 0 Å². The molecule has 0 saturated carbocycles. The average Bonchev–Trinajstić information content (AvgIpc) is 2.35. The summed E-state index contributed by atoms with van der Waals surface area (Å²) in [5.41, 5.74) is 0.836. The van der Waals surface area contributed by atoms with Gasteiger partial charge >= 0.3 is 0 Å². The Morgan fingerprint density at radius 2 is 1.76 bits per heavy atom. The Hall–Kier alpha value is -0.760. The molecule has 2 unspecified atom stereocenters. The number of hydrogen-bond donors (Lipinski definition) is 0. The van der Waals surface area contributed by atoms with Gasteiger partial charge in [0.2, 0.25) is 0 Å². The first kappa shape index (κ1) is 14.3. The molecule has 0 fully saturated rings. The number of benzene rings is 1. The monoisotopic (exact) mass is 250 g/mol. The van der Waals surface area contributed by atoms with Crippen LogP contribution in [0, 0.1) is 5.92 Å². The highest BCUT2D eigenvalue weighted by Crippen LogP contribution is 2.28. The maximum atomic E-state index is 12.3. The fourth-order valence-electron chi connectivity index (χ4n) is 1.55. The Balaban J connectivity index is 2.71. The molecule has 0 aromatic heterocycles. The molecule has 17 heavy (non-hydrogen) atoms. The summed E-state index contributed by atoms with van der Waals surface area (Å²) in [6.07, 6.45) is 0.898. The van der Waals surface area contributed by atoms with E-state index in [1.807, 2.05) is 30.3 Å². The van der Waals surface area contributed by atoms with Crippen molar-refractivity contribution < 1.29 is 4.79 Å². The summed E-state index contributed by atoms with van der Waals surface area (Å²) in [5, 5.41) is 0.613. The smallest absolute Gasteiger partial charge is 0.175 e. The number of rotatable bonds is 6. The molecule has 0 aliphatic carbocycles. The third-order valence-electron chi connectivity index (χ3n) is 3.04. The largest absolute Gasteiger partial charge is 0.293 e. The van der Waals surface area contributed by atoms with Gasteiger partial charge in [0, 0.05) is 10.8 Å². The number of thioether (sulfide) groups is 1. The van der Waals surface area contributed by atoms with Gasteiger partial charge in [0.15, 0.2) is 5.78 Å². The zero-order chi connectivity index (χ0) is 12.8. The van der Waals surface area contributed by atoms with Crippen molar-refractivity contribution >= 4 is 17.5 Å². The Bertz CT molecular complexity index is 345. The minimum atomic E-state index is 0.0924. The summed E-state index contributed by atoms with van der Waals surface area (Å²) in [6, 6.07) is 9.62. The van der Waals surface area contributed by atoms with Crippen LogP contribution in [0.5, 0.6) is 0 Å². The van der Waals surface area contributed by atoms with Gasteiger partial charge in [-0.15, -0.1) is 11.8 Å². The standard InChI is InChI=1S/C15H22OS/c1-5-14(17-12(4)11(2)3)15(16)13-9-7-6-8-10-13/h6-12,14H,5H2,1-4H3. The molecule has 0 heterocycles. The Labute approximate surface area is 109 Å². The minimum absolute atomic E-state index is 0.0924. The molecule has 0 bridgehead atoms. The molecule has 0 aliphatic heterocycles. The molecule has 2 atom stereocenters. The van der Waals surface area contributed by atoms with Crippen LogP contribution in [0.25, 0.3) is 0 Å². The quantitative estimate of drug-likeness (QED) is 0.695. The van der Waals surface area contributed by atoms with Crippen LogP contribution < -0.4 is 0 Å². The van der Waals surface area contributed by atoms with Crippen LogP contribution in [-0.2, 0) is 0 Å². The lowest BCUT2D eigenvalue weighted by Gasteiger charge is -2.21. The number of ketones is 1. The Morgan fingerprint density at radius 3 is 2.24 bits per heavy atom. The van der Waals surface area contributed by atoms with Gasteiger partial charge in [0.25, 0.3) is 0 Å². The summed E-state index contributed by atoms with van der Waals surface area (Å²) < 4.78 is 0. The topological polar surface area (TPSA) is 17.1 Å². The maximum absolute atomic E-state index is 12.3. The van der Waals surface area contributed by atoms with E-state index in [0.29, 0.717) is 11.2 Å². The Morgan fingerprint density at radius 1 is 1.18 bits per heavy atom. The summed E-state index contributed by atoms with van der Waals surface area (Å²) in [4.78, 5) is 12.3. The molecular formula is C15H22OS. The van der Waals surface area contributed by atoms with E-state index in [2.05, 4.69) is 27.7 Å². The van der Waals surface area contributed by atoms with E-state index in [0.717, 1.165) is 12.0 Å². The van der Waals surface area contributed by atoms with Gasteiger partial charge in [-0.2, -0.15) is 0 Å². The second-order valence-electron chi connectivity index (χ2n) is 4.71. The molecule has 0 amide bonds. The van der Waals surface area contributed by atoms with E-state index in [-0.39, 0.29) is 11.0 Å². The van der Waals surface area contributed by atoms with Crippen molar-refractivity contribution in [1.82, 2.24) is 0 Å². The van der Waals surface area contributed by atoms with Crippen LogP contribution in [0.2, 0.25) is 0 Å². The van der Waals surface area contributed by atoms with Crippen LogP contribution in [0.1, 0.15) is 44.5 Å². The van der Waals surface area contributed by atoms with Crippen LogP contribution in [0.3, 0.4) is 0 Å². The first-order chi connectivity index (χ1) is 8.06. The van der Waals surface area contributed by atoms with E-state index in [1.165, 1.54) is 0 Å². The summed E-state index contributed by atoms with van der Waals surface area (Å²) in [5.74, 6) is 0.878. The zero-order valence-electron chi connectivity index (χ0n) is 11.1. The number of hydrogen-bond acceptors (Lipinski definition) is 2. The van der Waals surface area contributed by atoms with Crippen LogP contribution in [0.4, 0.5) is 0 Å². The molecule has 1 nitrogen and oxygen atoms in total. The van der Waals surface area contributed by atoms with Gasteiger partial charge in [0.05, 0.1) is 5.25 Å². The second-order valence-corrected chi connectivity index (χ2v) is 6.30. The van der Waals surface area contributed by atoms with Crippen LogP contribution in [0.15, 0.2) is 30.3 Å². The van der Waals surface area contributed by atoms with Crippen LogP contribution in [-0.4, -0.2) is 16.3 Å². The molecule has 0 N–H and O–H groups in total. The van der Waals surface area contributed by atoms with E-state index >= 15 is 0 Å². The van der Waals surface area contributed by atoms with Crippen molar-refractivity contribution in [1.29, 1.82) is 0 Å². The van der Waals surface area contributed by atoms with E-state index in [4.69, 9.17) is 0 Å². The molecular weight excluding hydrogens is 228 g/mol. The SMILES string of the molecule is CCC(SC(C)C(C)C)C(=O)c1ccccc1. The van der Waals surface area contributed by atoms with Crippen molar-refractivity contribution in [3.63, 3.8) is 0 Å².